The van der Waals surface area contributed by atoms with Crippen molar-refractivity contribution < 1.29 is 27.5 Å². The maximum Gasteiger partial charge on any atom is 0.283 e. The van der Waals surface area contributed by atoms with Gasteiger partial charge in [-0.25, -0.2) is 13.1 Å². The topological polar surface area (TPSA) is 123 Å². The van der Waals surface area contributed by atoms with Crippen LogP contribution in [0.3, 0.4) is 0 Å². The number of amides is 2. The standard InChI is InChI=1S/C18H19N3O6S/c22-17(10-11-19-28(24,25)13-6-2-1-3-7-13)20-21-18(23)16-12-26-14-8-4-5-9-15(14)27-16/h1-9,16,19H,10-12H2,(H,20,22)(H,21,23)/t16-/m1/s1. The zero-order chi connectivity index (χ0) is 20.0. The van der Waals surface area contributed by atoms with E-state index in [-0.39, 0.29) is 24.5 Å². The van der Waals surface area contributed by atoms with Crippen LogP contribution in [0.2, 0.25) is 0 Å². The van der Waals surface area contributed by atoms with Gasteiger partial charge >= 0.3 is 0 Å². The summed E-state index contributed by atoms with van der Waals surface area (Å²) in [5, 5.41) is 0. The fourth-order valence-corrected chi connectivity index (χ4v) is 3.46. The lowest BCUT2D eigenvalue weighted by molar-refractivity contribution is -0.135. The molecule has 0 aliphatic carbocycles. The third kappa shape index (κ3) is 4.99. The Labute approximate surface area is 162 Å². The van der Waals surface area contributed by atoms with Gasteiger partial charge in [0.15, 0.2) is 11.5 Å². The van der Waals surface area contributed by atoms with Crippen molar-refractivity contribution in [3.63, 3.8) is 0 Å². The van der Waals surface area contributed by atoms with E-state index in [0.29, 0.717) is 11.5 Å². The summed E-state index contributed by atoms with van der Waals surface area (Å²) >= 11 is 0. The van der Waals surface area contributed by atoms with Crippen LogP contribution >= 0.6 is 0 Å². The number of hydrogen-bond donors (Lipinski definition) is 3. The molecule has 28 heavy (non-hydrogen) atoms. The summed E-state index contributed by atoms with van der Waals surface area (Å²) in [6.45, 7) is -0.106. The first-order valence-electron chi connectivity index (χ1n) is 8.47. The van der Waals surface area contributed by atoms with Crippen molar-refractivity contribution in [1.29, 1.82) is 0 Å². The van der Waals surface area contributed by atoms with Gasteiger partial charge in [-0.1, -0.05) is 30.3 Å². The molecule has 0 fully saturated rings. The molecule has 0 saturated carbocycles. The number of hydrazine groups is 1. The predicted molar refractivity (Wildman–Crippen MR) is 98.9 cm³/mol. The van der Waals surface area contributed by atoms with E-state index in [1.165, 1.54) is 12.1 Å². The summed E-state index contributed by atoms with van der Waals surface area (Å²) in [5.74, 6) is -0.147. The van der Waals surface area contributed by atoms with Crippen molar-refractivity contribution in [1.82, 2.24) is 15.6 Å². The molecule has 1 atom stereocenters. The molecule has 0 bridgehead atoms. The average Bonchev–Trinajstić information content (AvgIpc) is 2.72. The molecule has 0 radical (unpaired) electrons. The maximum absolute atomic E-state index is 12.1. The van der Waals surface area contributed by atoms with Gasteiger partial charge in [0.2, 0.25) is 22.0 Å². The van der Waals surface area contributed by atoms with Gasteiger partial charge in [-0.3, -0.25) is 20.4 Å². The third-order valence-corrected chi connectivity index (χ3v) is 5.30. The van der Waals surface area contributed by atoms with Gasteiger partial charge in [0.1, 0.15) is 6.61 Å². The molecule has 2 aromatic carbocycles. The molecule has 2 amide bonds. The zero-order valence-corrected chi connectivity index (χ0v) is 15.6. The van der Waals surface area contributed by atoms with Crippen LogP contribution in [0.5, 0.6) is 11.5 Å². The second-order valence-electron chi connectivity index (χ2n) is 5.86. The lowest BCUT2D eigenvalue weighted by Gasteiger charge is -2.25. The summed E-state index contributed by atoms with van der Waals surface area (Å²) in [7, 11) is -3.69. The largest absolute Gasteiger partial charge is 0.485 e. The van der Waals surface area contributed by atoms with E-state index in [1.54, 1.807) is 42.5 Å². The Balaban J connectivity index is 1.40. The Kier molecular flexibility index (Phi) is 6.12. The highest BCUT2D eigenvalue weighted by molar-refractivity contribution is 7.89. The van der Waals surface area contributed by atoms with Crippen LogP contribution < -0.4 is 25.0 Å². The SMILES string of the molecule is O=C(CCNS(=O)(=O)c1ccccc1)NNC(=O)[C@H]1COc2ccccc2O1. The molecular weight excluding hydrogens is 386 g/mol. The van der Waals surface area contributed by atoms with Crippen LogP contribution in [0.1, 0.15) is 6.42 Å². The highest BCUT2D eigenvalue weighted by Crippen LogP contribution is 2.30. The molecule has 1 heterocycles. The number of fused-ring (bicyclic) bond motifs is 1. The molecule has 10 heteroatoms. The highest BCUT2D eigenvalue weighted by Gasteiger charge is 2.27. The smallest absolute Gasteiger partial charge is 0.283 e. The van der Waals surface area contributed by atoms with Gasteiger partial charge in [-0.15, -0.1) is 0 Å². The summed E-state index contributed by atoms with van der Waals surface area (Å²) in [5.41, 5.74) is 4.46. The van der Waals surface area contributed by atoms with E-state index in [4.69, 9.17) is 9.47 Å². The summed E-state index contributed by atoms with van der Waals surface area (Å²) in [6.07, 6.45) is -1.07. The fraction of sp³-hybridized carbons (Fsp3) is 0.222. The number of rotatable bonds is 6. The minimum Gasteiger partial charge on any atom is -0.485 e. The predicted octanol–water partition coefficient (Wildman–Crippen LogP) is 0.342. The number of carbonyl (C=O) groups excluding carboxylic acids is 2. The van der Waals surface area contributed by atoms with Gasteiger partial charge in [-0.05, 0) is 24.3 Å². The molecule has 3 N–H and O–H groups in total. The quantitative estimate of drug-likeness (QED) is 0.596. The second kappa shape index (κ2) is 8.72. The Morgan fingerprint density at radius 2 is 1.64 bits per heavy atom. The zero-order valence-electron chi connectivity index (χ0n) is 14.8. The van der Waals surface area contributed by atoms with Crippen LogP contribution in [-0.4, -0.2) is 39.5 Å². The van der Waals surface area contributed by atoms with Crippen molar-refractivity contribution in [3.8, 4) is 11.5 Å². The number of ether oxygens (including phenoxy) is 2. The first-order chi connectivity index (χ1) is 13.5. The molecule has 0 unspecified atom stereocenters. The van der Waals surface area contributed by atoms with E-state index >= 15 is 0 Å². The average molecular weight is 405 g/mol. The van der Waals surface area contributed by atoms with Crippen molar-refractivity contribution in [3.05, 3.63) is 54.6 Å². The molecular formula is C18H19N3O6S. The molecule has 1 aliphatic heterocycles. The lowest BCUT2D eigenvalue weighted by atomic mass is 10.2. The number of para-hydroxylation sites is 2. The van der Waals surface area contributed by atoms with E-state index in [2.05, 4.69) is 15.6 Å². The maximum atomic E-state index is 12.1. The first-order valence-corrected chi connectivity index (χ1v) is 9.96. The molecule has 0 saturated heterocycles. The van der Waals surface area contributed by atoms with E-state index < -0.39 is 27.9 Å². The normalized spacial score (nSPS) is 15.5. The third-order valence-electron chi connectivity index (χ3n) is 3.82. The highest BCUT2D eigenvalue weighted by atomic mass is 32.2. The number of benzene rings is 2. The van der Waals surface area contributed by atoms with Gasteiger partial charge in [-0.2, -0.15) is 0 Å². The van der Waals surface area contributed by atoms with Crippen molar-refractivity contribution >= 4 is 21.8 Å². The van der Waals surface area contributed by atoms with Gasteiger partial charge in [0.25, 0.3) is 5.91 Å². The van der Waals surface area contributed by atoms with E-state index in [9.17, 15) is 18.0 Å². The van der Waals surface area contributed by atoms with Crippen LogP contribution in [-0.2, 0) is 19.6 Å². The monoisotopic (exact) mass is 405 g/mol. The molecule has 1 aliphatic rings. The van der Waals surface area contributed by atoms with Gasteiger partial charge in [0.05, 0.1) is 4.90 Å². The minimum atomic E-state index is -3.69. The second-order valence-corrected chi connectivity index (χ2v) is 7.63. The molecule has 3 rings (SSSR count). The van der Waals surface area contributed by atoms with Crippen LogP contribution in [0.15, 0.2) is 59.5 Å². The van der Waals surface area contributed by atoms with Gasteiger partial charge < -0.3 is 9.47 Å². The number of hydrogen-bond acceptors (Lipinski definition) is 6. The lowest BCUT2D eigenvalue weighted by Crippen LogP contribution is -2.51. The Morgan fingerprint density at radius 3 is 2.39 bits per heavy atom. The van der Waals surface area contributed by atoms with Crippen molar-refractivity contribution in [2.75, 3.05) is 13.2 Å². The van der Waals surface area contributed by atoms with E-state index in [1.807, 2.05) is 0 Å². The van der Waals surface area contributed by atoms with E-state index in [0.717, 1.165) is 0 Å². The molecule has 148 valence electrons. The number of nitrogens with one attached hydrogen (secondary N) is 3. The Hall–Kier alpha value is -3.11. The van der Waals surface area contributed by atoms with Crippen LogP contribution in [0.25, 0.3) is 0 Å². The van der Waals surface area contributed by atoms with Crippen molar-refractivity contribution in [2.24, 2.45) is 0 Å². The van der Waals surface area contributed by atoms with Crippen LogP contribution in [0.4, 0.5) is 0 Å². The van der Waals surface area contributed by atoms with Gasteiger partial charge in [0, 0.05) is 13.0 Å². The Morgan fingerprint density at radius 1 is 0.964 bits per heavy atom. The molecule has 0 aromatic heterocycles. The summed E-state index contributed by atoms with van der Waals surface area (Å²) < 4.78 is 37.4. The Bertz CT molecular complexity index is 949. The molecule has 0 spiro atoms. The summed E-state index contributed by atoms with van der Waals surface area (Å²) in [4.78, 5) is 24.0. The fourth-order valence-electron chi connectivity index (χ4n) is 2.40. The van der Waals surface area contributed by atoms with Crippen molar-refractivity contribution in [2.45, 2.75) is 17.4 Å². The molecule has 2 aromatic rings. The molecule has 9 nitrogen and oxygen atoms in total. The number of sulfonamides is 1. The number of carbonyl (C=O) groups is 2. The first kappa shape index (κ1) is 19.6. The summed E-state index contributed by atoms with van der Waals surface area (Å²) in [6, 6.07) is 14.7. The minimum absolute atomic E-state index is 0.00952. The van der Waals surface area contributed by atoms with Crippen LogP contribution in [0, 0.1) is 0 Å².